The van der Waals surface area contributed by atoms with E-state index in [-0.39, 0.29) is 6.10 Å². The highest BCUT2D eigenvalue weighted by Crippen LogP contribution is 2.15. The van der Waals surface area contributed by atoms with E-state index >= 15 is 0 Å². The summed E-state index contributed by atoms with van der Waals surface area (Å²) in [5, 5.41) is 9.73. The van der Waals surface area contributed by atoms with Crippen LogP contribution in [0.25, 0.3) is 0 Å². The van der Waals surface area contributed by atoms with Crippen molar-refractivity contribution in [2.75, 3.05) is 13.7 Å². The number of aliphatic hydroxyl groups excluding tert-OH is 1. The Balaban J connectivity index is 2.48. The lowest BCUT2D eigenvalue weighted by Gasteiger charge is -2.11. The quantitative estimate of drug-likeness (QED) is 0.802. The van der Waals surface area contributed by atoms with Gasteiger partial charge in [0.1, 0.15) is 0 Å². The third-order valence-electron chi connectivity index (χ3n) is 2.77. The molecule has 16 heavy (non-hydrogen) atoms. The van der Waals surface area contributed by atoms with Gasteiger partial charge < -0.3 is 9.84 Å². The molecule has 0 fully saturated rings. The summed E-state index contributed by atoms with van der Waals surface area (Å²) in [6.07, 6.45) is 1.11. The molecule has 0 heterocycles. The van der Waals surface area contributed by atoms with Crippen molar-refractivity contribution < 1.29 is 9.84 Å². The highest BCUT2D eigenvalue weighted by Gasteiger charge is 2.05. The van der Waals surface area contributed by atoms with Crippen molar-refractivity contribution in [1.82, 2.24) is 0 Å². The van der Waals surface area contributed by atoms with E-state index in [4.69, 9.17) is 4.74 Å². The van der Waals surface area contributed by atoms with Gasteiger partial charge in [0.25, 0.3) is 0 Å². The zero-order valence-electron chi connectivity index (χ0n) is 10.4. The largest absolute Gasteiger partial charge is 0.393 e. The predicted molar refractivity (Wildman–Crippen MR) is 66.7 cm³/mol. The van der Waals surface area contributed by atoms with Crippen molar-refractivity contribution in [1.29, 1.82) is 0 Å². The molecule has 1 atom stereocenters. The number of hydrogen-bond acceptors (Lipinski definition) is 2. The van der Waals surface area contributed by atoms with Crippen LogP contribution in [0.2, 0.25) is 0 Å². The molecule has 0 amide bonds. The Hall–Kier alpha value is -0.860. The Morgan fingerprint density at radius 1 is 1.19 bits per heavy atom. The lowest BCUT2D eigenvalue weighted by Crippen LogP contribution is -2.13. The molecule has 0 bridgehead atoms. The van der Waals surface area contributed by atoms with Gasteiger partial charge in [-0.1, -0.05) is 38.1 Å². The minimum atomic E-state index is -0.301. The second-order valence-electron chi connectivity index (χ2n) is 4.54. The normalized spacial score (nSPS) is 13.1. The van der Waals surface area contributed by atoms with Gasteiger partial charge in [-0.05, 0) is 29.9 Å². The smallest absolute Gasteiger partial charge is 0.0602 e. The van der Waals surface area contributed by atoms with Gasteiger partial charge in [-0.15, -0.1) is 0 Å². The van der Waals surface area contributed by atoms with Gasteiger partial charge >= 0.3 is 0 Å². The molecule has 0 aliphatic heterocycles. The summed E-state index contributed by atoms with van der Waals surface area (Å²) in [6, 6.07) is 8.49. The monoisotopic (exact) mass is 222 g/mol. The number of ether oxygens (including phenoxy) is 1. The first-order valence-corrected chi connectivity index (χ1v) is 5.89. The SMILES string of the molecule is COCCC(O)Cc1ccc(C(C)C)cc1. The Labute approximate surface area is 98.3 Å². The van der Waals surface area contributed by atoms with Crippen molar-refractivity contribution in [3.05, 3.63) is 35.4 Å². The molecule has 1 unspecified atom stereocenters. The predicted octanol–water partition coefficient (Wildman–Crippen LogP) is 2.75. The summed E-state index contributed by atoms with van der Waals surface area (Å²) in [6.45, 7) is 4.98. The minimum absolute atomic E-state index is 0.301. The second kappa shape index (κ2) is 6.66. The fourth-order valence-corrected chi connectivity index (χ4v) is 1.67. The Kier molecular flexibility index (Phi) is 5.50. The maximum absolute atomic E-state index is 9.73. The second-order valence-corrected chi connectivity index (χ2v) is 4.54. The molecular formula is C14H22O2. The van der Waals surface area contributed by atoms with Crippen molar-refractivity contribution in [2.24, 2.45) is 0 Å². The maximum Gasteiger partial charge on any atom is 0.0602 e. The lowest BCUT2D eigenvalue weighted by molar-refractivity contribution is 0.110. The van der Waals surface area contributed by atoms with E-state index in [9.17, 15) is 5.11 Å². The van der Waals surface area contributed by atoms with E-state index in [1.54, 1.807) is 7.11 Å². The van der Waals surface area contributed by atoms with Crippen LogP contribution in [0.1, 0.15) is 37.3 Å². The summed E-state index contributed by atoms with van der Waals surface area (Å²) in [5.74, 6) is 0.562. The third kappa shape index (κ3) is 4.33. The Morgan fingerprint density at radius 3 is 2.31 bits per heavy atom. The minimum Gasteiger partial charge on any atom is -0.393 e. The molecule has 0 aromatic heterocycles. The van der Waals surface area contributed by atoms with E-state index in [1.807, 2.05) is 0 Å². The van der Waals surface area contributed by atoms with Crippen molar-refractivity contribution in [3.8, 4) is 0 Å². The summed E-state index contributed by atoms with van der Waals surface area (Å²) < 4.78 is 4.94. The van der Waals surface area contributed by atoms with Crippen LogP contribution in [0.5, 0.6) is 0 Å². The molecule has 1 N–H and O–H groups in total. The maximum atomic E-state index is 9.73. The van der Waals surface area contributed by atoms with Gasteiger partial charge in [0.05, 0.1) is 6.10 Å². The van der Waals surface area contributed by atoms with E-state index in [0.29, 0.717) is 25.4 Å². The average Bonchev–Trinajstić information content (AvgIpc) is 2.27. The fourth-order valence-electron chi connectivity index (χ4n) is 1.67. The Bertz CT molecular complexity index is 290. The summed E-state index contributed by atoms with van der Waals surface area (Å²) >= 11 is 0. The molecule has 0 aliphatic rings. The zero-order valence-corrected chi connectivity index (χ0v) is 10.4. The number of aliphatic hydroxyl groups is 1. The lowest BCUT2D eigenvalue weighted by atomic mass is 9.99. The average molecular weight is 222 g/mol. The van der Waals surface area contributed by atoms with E-state index in [1.165, 1.54) is 11.1 Å². The van der Waals surface area contributed by atoms with Crippen LogP contribution >= 0.6 is 0 Å². The van der Waals surface area contributed by atoms with Crippen LogP contribution in [-0.4, -0.2) is 24.9 Å². The molecule has 2 nitrogen and oxygen atoms in total. The van der Waals surface area contributed by atoms with Crippen LogP contribution in [0.3, 0.4) is 0 Å². The highest BCUT2D eigenvalue weighted by atomic mass is 16.5. The summed E-state index contributed by atoms with van der Waals surface area (Å²) in [4.78, 5) is 0. The first-order valence-electron chi connectivity index (χ1n) is 5.89. The standard InChI is InChI=1S/C14H22O2/c1-11(2)13-6-4-12(5-7-13)10-14(15)8-9-16-3/h4-7,11,14-15H,8-10H2,1-3H3. The zero-order chi connectivity index (χ0) is 12.0. The third-order valence-corrected chi connectivity index (χ3v) is 2.77. The van der Waals surface area contributed by atoms with Crippen molar-refractivity contribution in [2.45, 2.75) is 38.7 Å². The molecular weight excluding hydrogens is 200 g/mol. The van der Waals surface area contributed by atoms with Gasteiger partial charge in [-0.25, -0.2) is 0 Å². The van der Waals surface area contributed by atoms with Crippen molar-refractivity contribution in [3.63, 3.8) is 0 Å². The molecule has 0 radical (unpaired) electrons. The Morgan fingerprint density at radius 2 is 1.81 bits per heavy atom. The first-order chi connectivity index (χ1) is 7.63. The number of rotatable bonds is 6. The molecule has 90 valence electrons. The van der Waals surface area contributed by atoms with Gasteiger partial charge in [0.2, 0.25) is 0 Å². The van der Waals surface area contributed by atoms with Crippen LogP contribution in [0.4, 0.5) is 0 Å². The summed E-state index contributed by atoms with van der Waals surface area (Å²) in [5.41, 5.74) is 2.53. The molecule has 1 aromatic carbocycles. The molecule has 0 saturated heterocycles. The molecule has 0 spiro atoms. The first kappa shape index (κ1) is 13.2. The van der Waals surface area contributed by atoms with Gasteiger partial charge in [-0.3, -0.25) is 0 Å². The number of benzene rings is 1. The molecule has 1 rings (SSSR count). The fraction of sp³-hybridized carbons (Fsp3) is 0.571. The van der Waals surface area contributed by atoms with E-state index in [2.05, 4.69) is 38.1 Å². The van der Waals surface area contributed by atoms with Gasteiger partial charge in [-0.2, -0.15) is 0 Å². The molecule has 0 saturated carbocycles. The number of methoxy groups -OCH3 is 1. The molecule has 2 heteroatoms. The van der Waals surface area contributed by atoms with Crippen LogP contribution < -0.4 is 0 Å². The number of hydrogen-bond donors (Lipinski definition) is 1. The van der Waals surface area contributed by atoms with Crippen LogP contribution in [0, 0.1) is 0 Å². The topological polar surface area (TPSA) is 29.5 Å². The van der Waals surface area contributed by atoms with Gasteiger partial charge in [0.15, 0.2) is 0 Å². The van der Waals surface area contributed by atoms with E-state index in [0.717, 1.165) is 0 Å². The van der Waals surface area contributed by atoms with E-state index < -0.39 is 0 Å². The van der Waals surface area contributed by atoms with Crippen LogP contribution in [-0.2, 0) is 11.2 Å². The highest BCUT2D eigenvalue weighted by molar-refractivity contribution is 5.25. The van der Waals surface area contributed by atoms with Gasteiger partial charge in [0, 0.05) is 13.7 Å². The molecule has 0 aliphatic carbocycles. The molecule has 1 aromatic rings. The van der Waals surface area contributed by atoms with Crippen LogP contribution in [0.15, 0.2) is 24.3 Å². The van der Waals surface area contributed by atoms with Crippen molar-refractivity contribution >= 4 is 0 Å². The summed E-state index contributed by atoms with van der Waals surface area (Å²) in [7, 11) is 1.66.